The number of phosphoric acid groups is 1. The molecule has 9 heteroatoms. The van der Waals surface area contributed by atoms with Crippen molar-refractivity contribution in [2.45, 2.75) is 289 Å². The summed E-state index contributed by atoms with van der Waals surface area (Å²) in [5.41, 5.74) is 0. The Labute approximate surface area is 429 Å². The van der Waals surface area contributed by atoms with Gasteiger partial charge in [-0.2, -0.15) is 0 Å². The average Bonchev–Trinajstić information content (AvgIpc) is 3.31. The highest BCUT2D eigenvalue weighted by molar-refractivity contribution is 7.47. The molecular formula is C60H116N2O6P+. The lowest BCUT2D eigenvalue weighted by Gasteiger charge is -2.25. The molecule has 0 aromatic heterocycles. The zero-order chi connectivity index (χ0) is 50.6. The highest BCUT2D eigenvalue weighted by atomic mass is 31.2. The smallest absolute Gasteiger partial charge is 0.387 e. The maximum atomic E-state index is 13.0. The summed E-state index contributed by atoms with van der Waals surface area (Å²) in [4.78, 5) is 23.3. The number of likely N-dealkylation sites (N-methyl/N-ethyl adjacent to an activating group) is 1. The number of aliphatic hydroxyl groups excluding tert-OH is 1. The molecule has 0 aliphatic heterocycles. The van der Waals surface area contributed by atoms with Crippen LogP contribution in [0.2, 0.25) is 0 Å². The highest BCUT2D eigenvalue weighted by Gasteiger charge is 2.27. The lowest BCUT2D eigenvalue weighted by atomic mass is 10.0. The Morgan fingerprint density at radius 3 is 1.16 bits per heavy atom. The summed E-state index contributed by atoms with van der Waals surface area (Å²) in [7, 11) is 1.55. The van der Waals surface area contributed by atoms with Gasteiger partial charge < -0.3 is 19.8 Å². The molecule has 0 aromatic carbocycles. The second-order valence-corrected chi connectivity index (χ2v) is 22.8. The van der Waals surface area contributed by atoms with Crippen LogP contribution in [0, 0.1) is 0 Å². The number of nitrogens with one attached hydrogen (secondary N) is 1. The van der Waals surface area contributed by atoms with Crippen LogP contribution >= 0.6 is 7.82 Å². The number of quaternary nitrogens is 1. The van der Waals surface area contributed by atoms with Gasteiger partial charge in [-0.05, 0) is 70.6 Å². The fraction of sp³-hybridized carbons (Fsp3) is 0.850. The minimum absolute atomic E-state index is 0.0528. The number of amides is 1. The highest BCUT2D eigenvalue weighted by Crippen LogP contribution is 2.43. The van der Waals surface area contributed by atoms with E-state index in [4.69, 9.17) is 9.05 Å². The topological polar surface area (TPSA) is 105 Å². The lowest BCUT2D eigenvalue weighted by molar-refractivity contribution is -0.870. The number of aliphatic hydroxyl groups is 1. The fourth-order valence-electron chi connectivity index (χ4n) is 8.60. The van der Waals surface area contributed by atoms with E-state index in [-0.39, 0.29) is 19.1 Å². The van der Waals surface area contributed by atoms with Crippen molar-refractivity contribution < 1.29 is 32.9 Å². The Morgan fingerprint density at radius 2 is 0.797 bits per heavy atom. The van der Waals surface area contributed by atoms with E-state index in [2.05, 4.69) is 55.6 Å². The zero-order valence-corrected chi connectivity index (χ0v) is 47.2. The van der Waals surface area contributed by atoms with Crippen molar-refractivity contribution in [3.05, 3.63) is 48.6 Å². The summed E-state index contributed by atoms with van der Waals surface area (Å²) in [6.45, 7) is 4.81. The largest absolute Gasteiger partial charge is 0.472 e. The van der Waals surface area contributed by atoms with Crippen LogP contribution in [0.3, 0.4) is 0 Å². The van der Waals surface area contributed by atoms with Gasteiger partial charge in [0.05, 0.1) is 39.9 Å². The van der Waals surface area contributed by atoms with Gasteiger partial charge >= 0.3 is 7.82 Å². The van der Waals surface area contributed by atoms with Gasteiger partial charge in [-0.3, -0.25) is 13.8 Å². The maximum Gasteiger partial charge on any atom is 0.472 e. The predicted molar refractivity (Wildman–Crippen MR) is 300 cm³/mol. The summed E-state index contributed by atoms with van der Waals surface area (Å²) in [5, 5.41) is 13.9. The maximum absolute atomic E-state index is 13.0. The van der Waals surface area contributed by atoms with Gasteiger partial charge in [-0.25, -0.2) is 4.57 Å². The van der Waals surface area contributed by atoms with E-state index in [1.165, 1.54) is 212 Å². The third-order valence-corrected chi connectivity index (χ3v) is 14.2. The van der Waals surface area contributed by atoms with E-state index in [1.54, 1.807) is 6.08 Å². The minimum atomic E-state index is -4.36. The minimum Gasteiger partial charge on any atom is -0.387 e. The zero-order valence-electron chi connectivity index (χ0n) is 46.3. The molecule has 69 heavy (non-hydrogen) atoms. The van der Waals surface area contributed by atoms with E-state index in [1.807, 2.05) is 27.2 Å². The van der Waals surface area contributed by atoms with Crippen molar-refractivity contribution in [3.8, 4) is 0 Å². The summed E-state index contributed by atoms with van der Waals surface area (Å²) >= 11 is 0. The van der Waals surface area contributed by atoms with Crippen molar-refractivity contribution >= 4 is 13.7 Å². The molecule has 0 bridgehead atoms. The molecule has 0 aromatic rings. The molecule has 0 saturated carbocycles. The standard InChI is InChI=1S/C60H115N2O6P/c1-6-8-10-12-14-16-18-20-22-24-26-28-29-30-31-32-34-35-37-39-41-43-45-47-49-51-53-59(63)58(57-68-69(65,66)67-56-55-62(3,4)5)61-60(64)54-52-50-48-46-44-42-40-38-36-33-27-25-23-21-19-17-15-13-11-9-7-2/h25,27,35,37,43,45,51,53,58-59,63H,6-24,26,28-34,36,38-42,44,46-50,52,54-57H2,1-5H3,(H-,61,64,65,66)/p+1/b27-25-,37-35+,45-43+,53-51+. The Bertz CT molecular complexity index is 1260. The number of hydrogen-bond donors (Lipinski definition) is 3. The van der Waals surface area contributed by atoms with Crippen LogP contribution in [0.15, 0.2) is 48.6 Å². The molecule has 406 valence electrons. The van der Waals surface area contributed by atoms with Gasteiger partial charge in [-0.1, -0.05) is 249 Å². The molecule has 0 rings (SSSR count). The van der Waals surface area contributed by atoms with Crippen molar-refractivity contribution in [3.63, 3.8) is 0 Å². The molecule has 3 unspecified atom stereocenters. The molecule has 3 atom stereocenters. The molecule has 0 heterocycles. The monoisotopic (exact) mass is 992 g/mol. The number of allylic oxidation sites excluding steroid dienone is 7. The first kappa shape index (κ1) is 67.5. The number of rotatable bonds is 54. The number of carbonyl (C=O) groups is 1. The first-order valence-corrected chi connectivity index (χ1v) is 31.0. The molecule has 0 spiro atoms. The first-order chi connectivity index (χ1) is 33.5. The fourth-order valence-corrected chi connectivity index (χ4v) is 9.34. The van der Waals surface area contributed by atoms with Crippen molar-refractivity contribution in [1.29, 1.82) is 0 Å². The van der Waals surface area contributed by atoms with E-state index >= 15 is 0 Å². The van der Waals surface area contributed by atoms with E-state index in [9.17, 15) is 19.4 Å². The molecule has 3 N–H and O–H groups in total. The quantitative estimate of drug-likeness (QED) is 0.0243. The predicted octanol–water partition coefficient (Wildman–Crippen LogP) is 17.9. The molecule has 0 aliphatic rings. The van der Waals surface area contributed by atoms with E-state index in [0.29, 0.717) is 17.4 Å². The Hall–Kier alpha value is -1.54. The van der Waals surface area contributed by atoms with Gasteiger partial charge in [0.1, 0.15) is 13.2 Å². The van der Waals surface area contributed by atoms with Crippen LogP contribution in [-0.4, -0.2) is 73.4 Å². The summed E-state index contributed by atoms with van der Waals surface area (Å²) in [6.07, 6.45) is 67.9. The normalized spacial score (nSPS) is 14.2. The lowest BCUT2D eigenvalue weighted by Crippen LogP contribution is -2.45. The van der Waals surface area contributed by atoms with E-state index in [0.717, 1.165) is 44.9 Å². The first-order valence-electron chi connectivity index (χ1n) is 29.5. The molecule has 0 radical (unpaired) electrons. The van der Waals surface area contributed by atoms with Crippen LogP contribution in [0.4, 0.5) is 0 Å². The summed E-state index contributed by atoms with van der Waals surface area (Å²) in [5.74, 6) is -0.191. The second kappa shape index (κ2) is 51.4. The molecule has 1 amide bonds. The third kappa shape index (κ3) is 54.1. The van der Waals surface area contributed by atoms with Gasteiger partial charge in [0, 0.05) is 6.42 Å². The number of phosphoric ester groups is 1. The number of unbranched alkanes of at least 4 members (excludes halogenated alkanes) is 35. The Balaban J connectivity index is 4.27. The van der Waals surface area contributed by atoms with Gasteiger partial charge in [0.25, 0.3) is 0 Å². The van der Waals surface area contributed by atoms with Crippen LogP contribution in [0.25, 0.3) is 0 Å². The van der Waals surface area contributed by atoms with Crippen molar-refractivity contribution in [2.75, 3.05) is 40.9 Å². The van der Waals surface area contributed by atoms with Crippen molar-refractivity contribution in [1.82, 2.24) is 5.32 Å². The van der Waals surface area contributed by atoms with Crippen LogP contribution in [-0.2, 0) is 18.4 Å². The average molecular weight is 993 g/mol. The third-order valence-electron chi connectivity index (χ3n) is 13.2. The summed E-state index contributed by atoms with van der Waals surface area (Å²) in [6, 6.07) is -0.872. The van der Waals surface area contributed by atoms with Crippen LogP contribution in [0.5, 0.6) is 0 Å². The molecule has 0 aliphatic carbocycles. The van der Waals surface area contributed by atoms with Crippen LogP contribution in [0.1, 0.15) is 277 Å². The Morgan fingerprint density at radius 1 is 0.478 bits per heavy atom. The van der Waals surface area contributed by atoms with Gasteiger partial charge in [0.15, 0.2) is 0 Å². The Kier molecular flexibility index (Phi) is 50.2. The number of carbonyl (C=O) groups excluding carboxylic acids is 1. The number of nitrogens with zero attached hydrogens (tertiary/aromatic N) is 1. The SMILES string of the molecule is CCCCCCCCCC/C=C\CCCCCCCCCCCC(=O)NC(COP(=O)(O)OCC[N+](C)(C)C)C(O)/C=C/CC/C=C/CC/C=C/CCCCCCCCCCCCCCCCCC. The second-order valence-electron chi connectivity index (χ2n) is 21.3. The molecule has 0 saturated heterocycles. The van der Waals surface area contributed by atoms with Crippen molar-refractivity contribution in [2.24, 2.45) is 0 Å². The molecular weight excluding hydrogens is 876 g/mol. The summed E-state index contributed by atoms with van der Waals surface area (Å²) < 4.78 is 23.7. The van der Waals surface area contributed by atoms with E-state index < -0.39 is 20.0 Å². The number of hydrogen-bond acceptors (Lipinski definition) is 5. The van der Waals surface area contributed by atoms with Gasteiger partial charge in [0.2, 0.25) is 5.91 Å². The van der Waals surface area contributed by atoms with Crippen LogP contribution < -0.4 is 5.32 Å². The molecule has 0 fully saturated rings. The van der Waals surface area contributed by atoms with Gasteiger partial charge in [-0.15, -0.1) is 0 Å². The molecule has 8 nitrogen and oxygen atoms in total.